The summed E-state index contributed by atoms with van der Waals surface area (Å²) in [7, 11) is 0. The minimum atomic E-state index is -2.68. The molecule has 1 aliphatic rings. The van der Waals surface area contributed by atoms with Crippen LogP contribution in [0.5, 0.6) is 0 Å². The highest BCUT2D eigenvalue weighted by molar-refractivity contribution is 7.76. The molecule has 0 saturated carbocycles. The minimum Gasteiger partial charge on any atom is -0.759 e. The quantitative estimate of drug-likeness (QED) is 0.258. The van der Waals surface area contributed by atoms with Gasteiger partial charge in [-0.3, -0.25) is 13.8 Å². The van der Waals surface area contributed by atoms with Gasteiger partial charge in [-0.2, -0.15) is 4.41 Å². The summed E-state index contributed by atoms with van der Waals surface area (Å²) in [6.45, 7) is 7.14. The number of hydrazine groups is 1. The molecule has 1 aliphatic heterocycles. The molecule has 1 heterocycles. The summed E-state index contributed by atoms with van der Waals surface area (Å²) in [5.74, 6) is 4.97. The normalized spacial score (nSPS) is 15.7. The fourth-order valence-corrected chi connectivity index (χ4v) is 5.70. The van der Waals surface area contributed by atoms with Gasteiger partial charge in [0.25, 0.3) is 0 Å². The zero-order valence-corrected chi connectivity index (χ0v) is 23.1. The molecule has 0 spiro atoms. The third-order valence-corrected chi connectivity index (χ3v) is 7.66. The Morgan fingerprint density at radius 1 is 1.00 bits per heavy atom. The molecule has 0 radical (unpaired) electrons. The fraction of sp³-hybridized carbons (Fsp3) is 0.333. The van der Waals surface area contributed by atoms with Crippen molar-refractivity contribution in [1.29, 1.82) is 0 Å². The summed E-state index contributed by atoms with van der Waals surface area (Å²) in [5, 5.41) is 13.1. The third-order valence-electron chi connectivity index (χ3n) is 6.90. The second kappa shape index (κ2) is 12.5. The number of carbonyl (C=O) groups is 2. The Balaban J connectivity index is 1.44. The van der Waals surface area contributed by atoms with E-state index in [1.54, 1.807) is 18.9 Å². The van der Waals surface area contributed by atoms with E-state index in [0.29, 0.717) is 32.6 Å². The summed E-state index contributed by atoms with van der Waals surface area (Å²) in [6, 6.07) is 18.4. The van der Waals surface area contributed by atoms with E-state index in [9.17, 15) is 23.5 Å². The standard InChI is InChI=1S/C30H33N3O5S/c1-4-28(34)26-7-5-6-24-13-10-23(20-27(24)26)9-8-22-11-14-25(15-12-22)31-16-18-32(19-17-31)33(39(37)38)29(21(2)3)30(35)36/h5-7,10-15,20-21,29H,4,16-19H2,1-3H3,(H,35,36)(H,37,38)/p-1. The zero-order chi connectivity index (χ0) is 28.1. The molecule has 0 amide bonds. The predicted molar refractivity (Wildman–Crippen MR) is 152 cm³/mol. The van der Waals surface area contributed by atoms with Gasteiger partial charge in [-0.1, -0.05) is 56.9 Å². The number of Topliss-reactive ketones (excluding diaryl/α,β-unsaturated/α-hetero) is 1. The van der Waals surface area contributed by atoms with E-state index >= 15 is 0 Å². The molecular weight excluding hydrogens is 514 g/mol. The van der Waals surface area contributed by atoms with Crippen molar-refractivity contribution in [3.63, 3.8) is 0 Å². The number of aliphatic carboxylic acids is 1. The molecule has 1 saturated heterocycles. The molecule has 0 aliphatic carbocycles. The highest BCUT2D eigenvalue weighted by Gasteiger charge is 2.35. The van der Waals surface area contributed by atoms with E-state index in [2.05, 4.69) is 16.7 Å². The number of fused-ring (bicyclic) bond motifs is 1. The van der Waals surface area contributed by atoms with Crippen LogP contribution < -0.4 is 4.90 Å². The van der Waals surface area contributed by atoms with Crippen LogP contribution in [-0.2, 0) is 16.1 Å². The topological polar surface area (TPSA) is 104 Å². The lowest BCUT2D eigenvalue weighted by Crippen LogP contribution is -2.60. The molecule has 204 valence electrons. The van der Waals surface area contributed by atoms with Crippen molar-refractivity contribution in [1.82, 2.24) is 9.42 Å². The Hall–Kier alpha value is -3.55. The SMILES string of the molecule is CCC(=O)c1cccc2ccc(C#Cc3ccc(N4CCN(N(C(C(=O)O)C(C)C)S(=O)[O-])CC4)cc3)cc12. The lowest BCUT2D eigenvalue weighted by molar-refractivity contribution is -0.149. The van der Waals surface area contributed by atoms with E-state index in [4.69, 9.17) is 0 Å². The second-order valence-corrected chi connectivity index (χ2v) is 10.6. The van der Waals surface area contributed by atoms with Gasteiger partial charge in [-0.25, -0.2) is 5.01 Å². The highest BCUT2D eigenvalue weighted by atomic mass is 32.2. The fourth-order valence-electron chi connectivity index (χ4n) is 4.83. The number of hydrogen-bond acceptors (Lipinski definition) is 6. The Morgan fingerprint density at radius 2 is 1.64 bits per heavy atom. The van der Waals surface area contributed by atoms with E-state index in [0.717, 1.165) is 37.6 Å². The summed E-state index contributed by atoms with van der Waals surface area (Å²) in [6.07, 6.45) is 0.452. The number of piperazine rings is 1. The monoisotopic (exact) mass is 546 g/mol. The number of carboxylic acid groups (broad SMARTS) is 1. The molecule has 8 nitrogen and oxygen atoms in total. The van der Waals surface area contributed by atoms with Gasteiger partial charge in [-0.15, -0.1) is 0 Å². The largest absolute Gasteiger partial charge is 0.759 e. The number of ketones is 1. The first-order valence-corrected chi connectivity index (χ1v) is 14.0. The van der Waals surface area contributed by atoms with Crippen molar-refractivity contribution in [2.45, 2.75) is 33.2 Å². The molecule has 2 atom stereocenters. The van der Waals surface area contributed by atoms with Gasteiger partial charge < -0.3 is 14.6 Å². The van der Waals surface area contributed by atoms with Crippen molar-refractivity contribution in [2.75, 3.05) is 31.1 Å². The molecule has 9 heteroatoms. The van der Waals surface area contributed by atoms with E-state index in [-0.39, 0.29) is 11.7 Å². The predicted octanol–water partition coefficient (Wildman–Crippen LogP) is 4.07. The highest BCUT2D eigenvalue weighted by Crippen LogP contribution is 2.23. The number of carboxylic acids is 1. The van der Waals surface area contributed by atoms with E-state index in [1.165, 1.54) is 0 Å². The summed E-state index contributed by atoms with van der Waals surface area (Å²) in [4.78, 5) is 26.2. The van der Waals surface area contributed by atoms with Crippen molar-refractivity contribution >= 4 is 39.5 Å². The maximum Gasteiger partial charge on any atom is 0.323 e. The summed E-state index contributed by atoms with van der Waals surface area (Å²) in [5.41, 5.74) is 3.39. The Morgan fingerprint density at radius 3 is 2.23 bits per heavy atom. The van der Waals surface area contributed by atoms with Crippen molar-refractivity contribution < 1.29 is 23.5 Å². The number of anilines is 1. The molecule has 2 unspecified atom stereocenters. The minimum absolute atomic E-state index is 0.109. The molecule has 1 N–H and O–H groups in total. The molecule has 4 rings (SSSR count). The van der Waals surface area contributed by atoms with Crippen molar-refractivity contribution in [3.05, 3.63) is 77.4 Å². The molecule has 3 aromatic carbocycles. The van der Waals surface area contributed by atoms with Crippen molar-refractivity contribution in [3.8, 4) is 11.8 Å². The average Bonchev–Trinajstić information content (AvgIpc) is 2.93. The zero-order valence-electron chi connectivity index (χ0n) is 22.3. The summed E-state index contributed by atoms with van der Waals surface area (Å²) >= 11 is -2.68. The van der Waals surface area contributed by atoms with E-state index in [1.807, 2.05) is 67.6 Å². The number of benzene rings is 3. The van der Waals surface area contributed by atoms with Crippen LogP contribution in [0.15, 0.2) is 60.7 Å². The third kappa shape index (κ3) is 6.54. The first-order valence-electron chi connectivity index (χ1n) is 13.0. The van der Waals surface area contributed by atoms with Crippen LogP contribution in [0.1, 0.15) is 48.7 Å². The molecule has 1 fully saturated rings. The first-order chi connectivity index (χ1) is 18.7. The average molecular weight is 547 g/mol. The van der Waals surface area contributed by atoms with Crippen LogP contribution in [-0.4, -0.2) is 67.3 Å². The molecule has 0 aromatic heterocycles. The van der Waals surface area contributed by atoms with Crippen LogP contribution >= 0.6 is 0 Å². The van der Waals surface area contributed by atoms with Gasteiger partial charge in [0.15, 0.2) is 5.78 Å². The Kier molecular flexibility index (Phi) is 9.15. The molecule has 0 bridgehead atoms. The van der Waals surface area contributed by atoms with Gasteiger partial charge in [0.2, 0.25) is 0 Å². The number of carbonyl (C=O) groups excluding carboxylic acids is 1. The van der Waals surface area contributed by atoms with Crippen molar-refractivity contribution in [2.24, 2.45) is 5.92 Å². The van der Waals surface area contributed by atoms with Gasteiger partial charge in [0.05, 0.1) is 0 Å². The second-order valence-electron chi connectivity index (χ2n) is 9.80. The number of rotatable bonds is 8. The van der Waals surface area contributed by atoms with Crippen LogP contribution in [0.4, 0.5) is 5.69 Å². The number of hydrogen-bond donors (Lipinski definition) is 1. The van der Waals surface area contributed by atoms with E-state index < -0.39 is 23.3 Å². The molecular formula is C30H32N3O5S-. The van der Waals surface area contributed by atoms with Crippen LogP contribution in [0.25, 0.3) is 10.8 Å². The lowest BCUT2D eigenvalue weighted by Gasteiger charge is -2.45. The van der Waals surface area contributed by atoms with Crippen LogP contribution in [0.3, 0.4) is 0 Å². The van der Waals surface area contributed by atoms with Gasteiger partial charge in [-0.05, 0) is 53.1 Å². The summed E-state index contributed by atoms with van der Waals surface area (Å²) < 4.78 is 24.8. The van der Waals surface area contributed by atoms with Crippen LogP contribution in [0, 0.1) is 17.8 Å². The Labute approximate surface area is 231 Å². The maximum atomic E-state index is 12.3. The Bertz CT molecular complexity index is 1440. The van der Waals surface area contributed by atoms with Gasteiger partial charge in [0.1, 0.15) is 6.04 Å². The molecule has 39 heavy (non-hydrogen) atoms. The smallest absolute Gasteiger partial charge is 0.323 e. The first kappa shape index (κ1) is 28.5. The number of nitrogens with zero attached hydrogens (tertiary/aromatic N) is 3. The maximum absolute atomic E-state index is 12.3. The van der Waals surface area contributed by atoms with Crippen LogP contribution in [0.2, 0.25) is 0 Å². The van der Waals surface area contributed by atoms with Gasteiger partial charge >= 0.3 is 5.97 Å². The lowest BCUT2D eigenvalue weighted by atomic mass is 9.98. The van der Waals surface area contributed by atoms with Gasteiger partial charge in [0, 0.05) is 66.2 Å². The molecule has 3 aromatic rings.